The molecule has 9 nitrogen and oxygen atoms in total. The van der Waals surface area contributed by atoms with Gasteiger partial charge in [-0.15, -0.1) is 0 Å². The normalized spacial score (nSPS) is 19.5. The number of aromatic nitrogens is 1. The lowest BCUT2D eigenvalue weighted by atomic mass is 9.82. The Morgan fingerprint density at radius 1 is 0.976 bits per heavy atom. The number of amides is 3. The molecule has 2 unspecified atom stereocenters. The molecule has 0 aliphatic carbocycles. The maximum atomic E-state index is 14.0. The minimum absolute atomic E-state index is 0.262. The fourth-order valence-electron chi connectivity index (χ4n) is 5.18. The van der Waals surface area contributed by atoms with Gasteiger partial charge in [-0.2, -0.15) is 0 Å². The quantitative estimate of drug-likeness (QED) is 0.304. The van der Waals surface area contributed by atoms with Gasteiger partial charge >= 0.3 is 4.87 Å². The summed E-state index contributed by atoms with van der Waals surface area (Å²) in [5.74, 6) is -1.46. The van der Waals surface area contributed by atoms with Gasteiger partial charge in [-0.3, -0.25) is 19.2 Å². The molecule has 3 aromatic carbocycles. The number of H-pyrrole nitrogens is 1. The number of anilines is 2. The molecular formula is C30H25N3O6S2. The molecule has 11 heteroatoms. The van der Waals surface area contributed by atoms with E-state index in [1.165, 1.54) is 16.7 Å². The monoisotopic (exact) mass is 587 g/mol. The van der Waals surface area contributed by atoms with Gasteiger partial charge in [0.15, 0.2) is 6.61 Å². The van der Waals surface area contributed by atoms with E-state index in [9.17, 15) is 19.2 Å². The van der Waals surface area contributed by atoms with Gasteiger partial charge in [0.05, 0.1) is 23.7 Å². The van der Waals surface area contributed by atoms with Crippen LogP contribution in [0.1, 0.15) is 21.9 Å². The number of fused-ring (bicyclic) bond motifs is 2. The largest absolute Gasteiger partial charge is 0.497 e. The highest BCUT2D eigenvalue weighted by Gasteiger charge is 2.56. The van der Waals surface area contributed by atoms with Crippen molar-refractivity contribution in [3.63, 3.8) is 0 Å². The standard InChI is InChI=1S/C30H25N3O6S2/c1-16-7-9-17(10-8-16)31-22(34)15-39-21-6-4-3-5-20(21)23-24-26(40-27-25(23)41-30(37)32-27)29(36)33(28(24)35)18-11-13-19(38-2)14-12-18/h3-14,23-24,26H,15H2,1-2H3,(H,31,34)(H,32,37)/t23-,24?,26?/m1/s1. The van der Waals surface area contributed by atoms with E-state index in [0.717, 1.165) is 16.9 Å². The lowest BCUT2D eigenvalue weighted by Gasteiger charge is -2.30. The number of carbonyl (C=O) groups is 3. The summed E-state index contributed by atoms with van der Waals surface area (Å²) in [6.07, 6.45) is 0. The van der Waals surface area contributed by atoms with Gasteiger partial charge in [-0.1, -0.05) is 59.0 Å². The summed E-state index contributed by atoms with van der Waals surface area (Å²) in [4.78, 5) is 57.2. The number of ether oxygens (including phenoxy) is 2. The number of para-hydroxylation sites is 1. The molecule has 1 fully saturated rings. The van der Waals surface area contributed by atoms with Gasteiger partial charge in [0.1, 0.15) is 16.7 Å². The zero-order valence-corrected chi connectivity index (χ0v) is 23.7. The van der Waals surface area contributed by atoms with Crippen LogP contribution in [0, 0.1) is 12.8 Å². The van der Waals surface area contributed by atoms with E-state index < -0.39 is 17.1 Å². The zero-order valence-electron chi connectivity index (χ0n) is 22.1. The van der Waals surface area contributed by atoms with Crippen molar-refractivity contribution in [2.75, 3.05) is 23.9 Å². The van der Waals surface area contributed by atoms with Crippen LogP contribution in [-0.4, -0.2) is 41.7 Å². The smallest absolute Gasteiger partial charge is 0.305 e. The summed E-state index contributed by atoms with van der Waals surface area (Å²) in [6.45, 7) is 1.70. The first-order chi connectivity index (χ1) is 19.8. The summed E-state index contributed by atoms with van der Waals surface area (Å²) in [5, 5.41) is 2.63. The first kappa shape index (κ1) is 26.9. The second-order valence-corrected chi connectivity index (χ2v) is 11.9. The van der Waals surface area contributed by atoms with Crippen LogP contribution in [-0.2, 0) is 14.4 Å². The third-order valence-corrected chi connectivity index (χ3v) is 9.50. The van der Waals surface area contributed by atoms with Crippen LogP contribution >= 0.6 is 23.1 Å². The van der Waals surface area contributed by atoms with Gasteiger partial charge < -0.3 is 19.8 Å². The Balaban J connectivity index is 1.33. The molecule has 2 N–H and O–H groups in total. The summed E-state index contributed by atoms with van der Waals surface area (Å²) in [5.41, 5.74) is 2.80. The minimum atomic E-state index is -0.778. The number of nitrogens with one attached hydrogen (secondary N) is 2. The first-order valence-corrected chi connectivity index (χ1v) is 14.5. The van der Waals surface area contributed by atoms with Crippen LogP contribution < -0.4 is 24.6 Å². The van der Waals surface area contributed by atoms with Gasteiger partial charge in [0.25, 0.3) is 5.91 Å². The number of aromatic amines is 1. The second kappa shape index (κ2) is 10.9. The average molecular weight is 588 g/mol. The highest BCUT2D eigenvalue weighted by atomic mass is 32.2. The third kappa shape index (κ3) is 5.02. The Hall–Kier alpha value is -4.35. The van der Waals surface area contributed by atoms with Crippen LogP contribution in [0.4, 0.5) is 11.4 Å². The Bertz CT molecular complexity index is 1700. The number of thioether (sulfide) groups is 1. The maximum absolute atomic E-state index is 14.0. The van der Waals surface area contributed by atoms with Crippen molar-refractivity contribution >= 4 is 52.2 Å². The summed E-state index contributed by atoms with van der Waals surface area (Å²) in [6, 6.07) is 21.3. The highest BCUT2D eigenvalue weighted by Crippen LogP contribution is 2.54. The van der Waals surface area contributed by atoms with Crippen molar-refractivity contribution in [3.05, 3.63) is 98.5 Å². The van der Waals surface area contributed by atoms with Crippen molar-refractivity contribution in [2.45, 2.75) is 23.1 Å². The fourth-order valence-corrected chi connectivity index (χ4v) is 7.69. The van der Waals surface area contributed by atoms with E-state index in [-0.39, 0.29) is 29.2 Å². The first-order valence-electron chi connectivity index (χ1n) is 12.8. The number of carbonyl (C=O) groups excluding carboxylic acids is 3. The van der Waals surface area contributed by atoms with Crippen molar-refractivity contribution in [2.24, 2.45) is 5.92 Å². The van der Waals surface area contributed by atoms with E-state index in [4.69, 9.17) is 9.47 Å². The molecule has 3 heterocycles. The Labute approximate surface area is 243 Å². The third-order valence-electron chi connectivity index (χ3n) is 7.10. The molecule has 3 atom stereocenters. The molecule has 6 rings (SSSR count). The zero-order chi connectivity index (χ0) is 28.7. The van der Waals surface area contributed by atoms with E-state index >= 15 is 0 Å². The van der Waals surface area contributed by atoms with Gasteiger partial charge in [-0.25, -0.2) is 4.90 Å². The molecule has 208 valence electrons. The lowest BCUT2D eigenvalue weighted by Crippen LogP contribution is -2.32. The molecule has 4 aromatic rings. The number of thiazole rings is 1. The molecule has 0 radical (unpaired) electrons. The molecule has 1 saturated heterocycles. The number of hydrogen-bond donors (Lipinski definition) is 2. The van der Waals surface area contributed by atoms with Crippen LogP contribution in [0.25, 0.3) is 0 Å². The molecule has 3 amide bonds. The molecule has 2 aliphatic heterocycles. The molecule has 0 bridgehead atoms. The number of nitrogens with zero attached hydrogens (tertiary/aromatic N) is 1. The molecule has 1 aromatic heterocycles. The van der Waals surface area contributed by atoms with E-state index in [2.05, 4.69) is 10.3 Å². The predicted molar refractivity (Wildman–Crippen MR) is 157 cm³/mol. The number of hydrogen-bond acceptors (Lipinski definition) is 8. The van der Waals surface area contributed by atoms with Crippen molar-refractivity contribution in [3.8, 4) is 11.5 Å². The molecule has 0 saturated carbocycles. The Morgan fingerprint density at radius 3 is 2.44 bits per heavy atom. The lowest BCUT2D eigenvalue weighted by molar-refractivity contribution is -0.122. The average Bonchev–Trinajstić information content (AvgIpc) is 3.47. The van der Waals surface area contributed by atoms with Gasteiger partial charge in [-0.05, 0) is 49.4 Å². The number of methoxy groups -OCH3 is 1. The SMILES string of the molecule is COc1ccc(N2C(=O)C3Sc4[nH]c(=O)sc4[C@H](c4ccccc4OCC(=O)Nc4ccc(C)cc4)C3C2=O)cc1. The molecule has 2 aliphatic rings. The Morgan fingerprint density at radius 2 is 1.71 bits per heavy atom. The summed E-state index contributed by atoms with van der Waals surface area (Å²) < 4.78 is 11.2. The fraction of sp³-hybridized carbons (Fsp3) is 0.200. The second-order valence-electron chi connectivity index (χ2n) is 9.70. The topological polar surface area (TPSA) is 118 Å². The van der Waals surface area contributed by atoms with Crippen molar-refractivity contribution in [1.29, 1.82) is 0 Å². The van der Waals surface area contributed by atoms with Crippen molar-refractivity contribution < 1.29 is 23.9 Å². The summed E-state index contributed by atoms with van der Waals surface area (Å²) in [7, 11) is 1.54. The van der Waals surface area contributed by atoms with Gasteiger partial charge in [0, 0.05) is 22.0 Å². The van der Waals surface area contributed by atoms with E-state index in [1.54, 1.807) is 43.5 Å². The number of rotatable bonds is 7. The van der Waals surface area contributed by atoms with E-state index in [1.807, 2.05) is 43.3 Å². The minimum Gasteiger partial charge on any atom is -0.497 e. The van der Waals surface area contributed by atoms with Crippen LogP contribution in [0.3, 0.4) is 0 Å². The Kier molecular flexibility index (Phi) is 7.14. The van der Waals surface area contributed by atoms with Crippen molar-refractivity contribution in [1.82, 2.24) is 4.98 Å². The summed E-state index contributed by atoms with van der Waals surface area (Å²) >= 11 is 2.22. The van der Waals surface area contributed by atoms with Gasteiger partial charge in [0.2, 0.25) is 11.8 Å². The maximum Gasteiger partial charge on any atom is 0.305 e. The number of imide groups is 1. The highest BCUT2D eigenvalue weighted by molar-refractivity contribution is 8.00. The van der Waals surface area contributed by atoms with Crippen LogP contribution in [0.15, 0.2) is 82.6 Å². The van der Waals surface area contributed by atoms with Crippen LogP contribution in [0.2, 0.25) is 0 Å². The predicted octanol–water partition coefficient (Wildman–Crippen LogP) is 4.57. The van der Waals surface area contributed by atoms with Crippen LogP contribution in [0.5, 0.6) is 11.5 Å². The molecule has 41 heavy (non-hydrogen) atoms. The molecule has 0 spiro atoms. The molecular weight excluding hydrogens is 562 g/mol. The number of aryl methyl sites for hydroxylation is 1. The van der Waals surface area contributed by atoms with E-state index in [0.29, 0.717) is 38.3 Å². The number of benzene rings is 3.